The number of fused-ring (bicyclic) bond motifs is 1. The molecule has 16 heavy (non-hydrogen) atoms. The number of nitrogens with zero attached hydrogens (tertiary/aromatic N) is 5. The zero-order valence-electron chi connectivity index (χ0n) is 8.92. The average molecular weight is 233 g/mol. The lowest BCUT2D eigenvalue weighted by molar-refractivity contribution is 0.307. The van der Waals surface area contributed by atoms with E-state index >= 15 is 0 Å². The zero-order chi connectivity index (χ0) is 11.0. The second-order valence-corrected chi connectivity index (χ2v) is 4.73. The summed E-state index contributed by atoms with van der Waals surface area (Å²) in [5, 5.41) is 8.58. The SMILES string of the molecule is CN1CCc2cnc(-c3nncs3)nc2C1. The van der Waals surface area contributed by atoms with Gasteiger partial charge in [-0.05, 0) is 19.0 Å². The molecule has 0 spiro atoms. The summed E-state index contributed by atoms with van der Waals surface area (Å²) in [7, 11) is 2.11. The maximum absolute atomic E-state index is 4.56. The van der Waals surface area contributed by atoms with E-state index in [4.69, 9.17) is 0 Å². The Morgan fingerprint density at radius 3 is 3.19 bits per heavy atom. The van der Waals surface area contributed by atoms with Gasteiger partial charge in [0.15, 0.2) is 10.8 Å². The molecule has 5 nitrogen and oxygen atoms in total. The minimum atomic E-state index is 0.691. The minimum absolute atomic E-state index is 0.691. The largest absolute Gasteiger partial charge is 0.300 e. The third-order valence-electron chi connectivity index (χ3n) is 2.69. The van der Waals surface area contributed by atoms with E-state index in [9.17, 15) is 0 Å². The molecule has 6 heteroatoms. The van der Waals surface area contributed by atoms with Crippen LogP contribution >= 0.6 is 11.3 Å². The molecule has 0 amide bonds. The van der Waals surface area contributed by atoms with Crippen LogP contribution in [0.15, 0.2) is 11.7 Å². The molecule has 3 heterocycles. The summed E-state index contributed by atoms with van der Waals surface area (Å²) in [6, 6.07) is 0. The molecule has 2 aromatic heterocycles. The molecule has 0 radical (unpaired) electrons. The molecule has 0 fully saturated rings. The van der Waals surface area contributed by atoms with Gasteiger partial charge in [0.25, 0.3) is 0 Å². The lowest BCUT2D eigenvalue weighted by Gasteiger charge is -2.23. The van der Waals surface area contributed by atoms with Crippen LogP contribution in [0.25, 0.3) is 10.8 Å². The van der Waals surface area contributed by atoms with E-state index in [2.05, 4.69) is 32.1 Å². The summed E-state index contributed by atoms with van der Waals surface area (Å²) in [5.74, 6) is 0.691. The first kappa shape index (κ1) is 9.80. The van der Waals surface area contributed by atoms with Gasteiger partial charge in [0.2, 0.25) is 0 Å². The molecule has 0 N–H and O–H groups in total. The Kier molecular flexibility index (Phi) is 2.37. The van der Waals surface area contributed by atoms with Gasteiger partial charge in [-0.3, -0.25) is 0 Å². The fourth-order valence-corrected chi connectivity index (χ4v) is 2.30. The number of rotatable bonds is 1. The average Bonchev–Trinajstić information content (AvgIpc) is 2.81. The molecule has 2 aromatic rings. The summed E-state index contributed by atoms with van der Waals surface area (Å²) >= 11 is 1.47. The summed E-state index contributed by atoms with van der Waals surface area (Å²) in [5.41, 5.74) is 4.07. The van der Waals surface area contributed by atoms with Crippen molar-refractivity contribution in [2.75, 3.05) is 13.6 Å². The lowest BCUT2D eigenvalue weighted by Crippen LogP contribution is -2.27. The highest BCUT2D eigenvalue weighted by atomic mass is 32.1. The summed E-state index contributed by atoms with van der Waals surface area (Å²) in [4.78, 5) is 11.2. The Morgan fingerprint density at radius 2 is 2.38 bits per heavy atom. The number of hydrogen-bond acceptors (Lipinski definition) is 6. The van der Waals surface area contributed by atoms with Crippen LogP contribution in [0.1, 0.15) is 11.3 Å². The van der Waals surface area contributed by atoms with Gasteiger partial charge >= 0.3 is 0 Å². The van der Waals surface area contributed by atoms with Crippen molar-refractivity contribution in [1.29, 1.82) is 0 Å². The second kappa shape index (κ2) is 3.88. The van der Waals surface area contributed by atoms with Crippen molar-refractivity contribution in [1.82, 2.24) is 25.1 Å². The lowest BCUT2D eigenvalue weighted by atomic mass is 10.1. The highest BCUT2D eigenvalue weighted by Crippen LogP contribution is 2.20. The number of hydrogen-bond donors (Lipinski definition) is 0. The third kappa shape index (κ3) is 1.70. The van der Waals surface area contributed by atoms with Crippen LogP contribution in [0.2, 0.25) is 0 Å². The van der Waals surface area contributed by atoms with Crippen LogP contribution in [0.4, 0.5) is 0 Å². The molecule has 0 unspecified atom stereocenters. The molecule has 0 saturated heterocycles. The van der Waals surface area contributed by atoms with Crippen molar-refractivity contribution in [3.8, 4) is 10.8 Å². The maximum Gasteiger partial charge on any atom is 0.191 e. The standard InChI is InChI=1S/C10H11N5S/c1-15-3-2-7-4-11-9(13-8(7)5-15)10-14-12-6-16-10/h4,6H,2-3,5H2,1H3. The van der Waals surface area contributed by atoms with E-state index in [-0.39, 0.29) is 0 Å². The van der Waals surface area contributed by atoms with Gasteiger partial charge in [0, 0.05) is 19.3 Å². The van der Waals surface area contributed by atoms with Crippen LogP contribution in [0, 0.1) is 0 Å². The van der Waals surface area contributed by atoms with Crippen molar-refractivity contribution in [2.45, 2.75) is 13.0 Å². The molecule has 0 aliphatic carbocycles. The highest BCUT2D eigenvalue weighted by molar-refractivity contribution is 7.12. The second-order valence-electron chi connectivity index (χ2n) is 3.90. The predicted molar refractivity (Wildman–Crippen MR) is 61.0 cm³/mol. The molecule has 1 aliphatic rings. The normalized spacial score (nSPS) is 16.1. The fraction of sp³-hybridized carbons (Fsp3) is 0.400. The Bertz CT molecular complexity index is 496. The van der Waals surface area contributed by atoms with Crippen LogP contribution < -0.4 is 0 Å². The molecule has 0 atom stereocenters. The molecule has 0 aromatic carbocycles. The van der Waals surface area contributed by atoms with Crippen molar-refractivity contribution in [3.05, 3.63) is 23.0 Å². The monoisotopic (exact) mass is 233 g/mol. The molecular formula is C10H11N5S. The molecule has 0 saturated carbocycles. The molecular weight excluding hydrogens is 222 g/mol. The van der Waals surface area contributed by atoms with Crippen LogP contribution in [-0.2, 0) is 13.0 Å². The molecule has 3 rings (SSSR count). The van der Waals surface area contributed by atoms with Gasteiger partial charge in [0.1, 0.15) is 5.51 Å². The summed E-state index contributed by atoms with van der Waals surface area (Å²) < 4.78 is 0. The van der Waals surface area contributed by atoms with Gasteiger partial charge in [-0.25, -0.2) is 9.97 Å². The molecule has 0 bridgehead atoms. The van der Waals surface area contributed by atoms with Gasteiger partial charge in [-0.2, -0.15) is 0 Å². The van der Waals surface area contributed by atoms with Crippen LogP contribution in [-0.4, -0.2) is 38.7 Å². The summed E-state index contributed by atoms with van der Waals surface area (Å²) in [6.45, 7) is 1.97. The van der Waals surface area contributed by atoms with E-state index < -0.39 is 0 Å². The van der Waals surface area contributed by atoms with E-state index in [0.29, 0.717) is 5.82 Å². The summed E-state index contributed by atoms with van der Waals surface area (Å²) in [6.07, 6.45) is 2.95. The fourth-order valence-electron chi connectivity index (χ4n) is 1.81. The quantitative estimate of drug-likeness (QED) is 0.735. The Hall–Kier alpha value is -1.40. The topological polar surface area (TPSA) is 54.8 Å². The van der Waals surface area contributed by atoms with E-state index in [1.807, 2.05) is 6.20 Å². The van der Waals surface area contributed by atoms with Gasteiger partial charge < -0.3 is 4.90 Å². The van der Waals surface area contributed by atoms with E-state index in [1.54, 1.807) is 5.51 Å². The van der Waals surface area contributed by atoms with Gasteiger partial charge in [-0.1, -0.05) is 11.3 Å². The van der Waals surface area contributed by atoms with Crippen molar-refractivity contribution in [3.63, 3.8) is 0 Å². The first-order valence-corrected chi connectivity index (χ1v) is 6.01. The first-order valence-electron chi connectivity index (χ1n) is 5.13. The number of aromatic nitrogens is 4. The van der Waals surface area contributed by atoms with Crippen molar-refractivity contribution >= 4 is 11.3 Å². The van der Waals surface area contributed by atoms with Crippen molar-refractivity contribution in [2.24, 2.45) is 0 Å². The number of likely N-dealkylation sites (N-methyl/N-ethyl adjacent to an activating group) is 1. The van der Waals surface area contributed by atoms with Crippen LogP contribution in [0.5, 0.6) is 0 Å². The third-order valence-corrected chi connectivity index (χ3v) is 3.38. The Morgan fingerprint density at radius 1 is 1.44 bits per heavy atom. The minimum Gasteiger partial charge on any atom is -0.300 e. The molecule has 82 valence electrons. The zero-order valence-corrected chi connectivity index (χ0v) is 9.74. The van der Waals surface area contributed by atoms with Crippen molar-refractivity contribution < 1.29 is 0 Å². The van der Waals surface area contributed by atoms with Crippen LogP contribution in [0.3, 0.4) is 0 Å². The van der Waals surface area contributed by atoms with E-state index in [1.165, 1.54) is 16.9 Å². The highest BCUT2D eigenvalue weighted by Gasteiger charge is 2.16. The Labute approximate surface area is 97.2 Å². The maximum atomic E-state index is 4.56. The van der Waals surface area contributed by atoms with Gasteiger partial charge in [0.05, 0.1) is 5.69 Å². The molecule has 1 aliphatic heterocycles. The van der Waals surface area contributed by atoms with E-state index in [0.717, 1.165) is 30.2 Å². The predicted octanol–water partition coefficient (Wildman–Crippen LogP) is 0.983. The first-order chi connectivity index (χ1) is 7.83. The smallest absolute Gasteiger partial charge is 0.191 e. The van der Waals surface area contributed by atoms with Gasteiger partial charge in [-0.15, -0.1) is 10.2 Å². The Balaban J connectivity index is 2.01.